The van der Waals surface area contributed by atoms with Gasteiger partial charge in [0.25, 0.3) is 0 Å². The monoisotopic (exact) mass is 178 g/mol. The van der Waals surface area contributed by atoms with Gasteiger partial charge in [0.1, 0.15) is 12.1 Å². The van der Waals surface area contributed by atoms with Crippen LogP contribution in [0.1, 0.15) is 6.42 Å². The van der Waals surface area contributed by atoms with E-state index in [1.165, 1.54) is 0 Å². The molecule has 0 aliphatic carbocycles. The highest BCUT2D eigenvalue weighted by Crippen LogP contribution is 2.01. The molecule has 0 aromatic rings. The molecule has 12 heavy (non-hydrogen) atoms. The second-order valence-corrected chi connectivity index (χ2v) is 2.50. The Labute approximate surface area is 69.8 Å². The van der Waals surface area contributed by atoms with Crippen molar-refractivity contribution in [2.45, 2.75) is 24.7 Å². The molecular weight excluding hydrogens is 164 g/mol. The quantitative estimate of drug-likeness (QED) is 0.315. The van der Waals surface area contributed by atoms with E-state index >= 15 is 0 Å². The number of aliphatic hydroxyl groups excluding tert-OH is 2. The molecule has 6 heteroatoms. The Kier molecular flexibility index (Phi) is 4.75. The number of carboxylic acid groups (broad SMARTS) is 1. The van der Waals surface area contributed by atoms with Crippen LogP contribution in [0.2, 0.25) is 0 Å². The van der Waals surface area contributed by atoms with Gasteiger partial charge >= 0.3 is 5.97 Å². The Morgan fingerprint density at radius 2 is 1.92 bits per heavy atom. The number of aliphatic carboxylic acids is 1. The van der Waals surface area contributed by atoms with Crippen LogP contribution in [0, 0.1) is 0 Å². The van der Waals surface area contributed by atoms with E-state index < -0.39 is 24.2 Å². The van der Waals surface area contributed by atoms with Gasteiger partial charge in [-0.2, -0.15) is 0 Å². The summed E-state index contributed by atoms with van der Waals surface area (Å²) in [5.41, 5.74) is 10.1. The first-order chi connectivity index (χ1) is 5.50. The fraction of sp³-hybridized carbons (Fsp3) is 0.833. The van der Waals surface area contributed by atoms with E-state index in [1.54, 1.807) is 0 Å². The highest BCUT2D eigenvalue weighted by molar-refractivity contribution is 5.73. The van der Waals surface area contributed by atoms with Crippen molar-refractivity contribution in [3.63, 3.8) is 0 Å². The standard InChI is InChI=1S/C6H14N2O4/c7-2-1-3(9)5(10)4(8)6(11)12/h3-5,9-10H,1-2,7-8H2,(H,11,12)/t3-,4-,5-/m0/s1. The molecule has 0 aromatic carbocycles. The highest BCUT2D eigenvalue weighted by Gasteiger charge is 2.27. The lowest BCUT2D eigenvalue weighted by atomic mass is 10.0. The number of carboxylic acids is 1. The summed E-state index contributed by atoms with van der Waals surface area (Å²) in [6.07, 6.45) is -2.52. The molecule has 0 saturated carbocycles. The largest absolute Gasteiger partial charge is 0.480 e. The third-order valence-electron chi connectivity index (χ3n) is 1.51. The van der Waals surface area contributed by atoms with E-state index in [9.17, 15) is 4.79 Å². The van der Waals surface area contributed by atoms with Gasteiger partial charge in [-0.25, -0.2) is 0 Å². The lowest BCUT2D eigenvalue weighted by Crippen LogP contribution is -2.48. The van der Waals surface area contributed by atoms with Gasteiger partial charge in [-0.05, 0) is 13.0 Å². The zero-order valence-electron chi connectivity index (χ0n) is 6.55. The maximum Gasteiger partial charge on any atom is 0.323 e. The molecule has 0 spiro atoms. The van der Waals surface area contributed by atoms with E-state index in [1.807, 2.05) is 0 Å². The van der Waals surface area contributed by atoms with E-state index in [0.29, 0.717) is 0 Å². The number of nitrogens with two attached hydrogens (primary N) is 2. The Hall–Kier alpha value is -0.690. The number of rotatable bonds is 5. The van der Waals surface area contributed by atoms with Gasteiger partial charge in [0.15, 0.2) is 0 Å². The van der Waals surface area contributed by atoms with Crippen molar-refractivity contribution in [2.75, 3.05) is 6.54 Å². The molecule has 6 nitrogen and oxygen atoms in total. The second-order valence-electron chi connectivity index (χ2n) is 2.50. The molecule has 0 aliphatic rings. The summed E-state index contributed by atoms with van der Waals surface area (Å²) < 4.78 is 0. The van der Waals surface area contributed by atoms with Gasteiger partial charge in [0.05, 0.1) is 6.10 Å². The van der Waals surface area contributed by atoms with E-state index in [-0.39, 0.29) is 13.0 Å². The first kappa shape index (κ1) is 11.3. The van der Waals surface area contributed by atoms with Crippen LogP contribution >= 0.6 is 0 Å². The minimum absolute atomic E-state index is 0.127. The maximum atomic E-state index is 10.2. The van der Waals surface area contributed by atoms with E-state index in [0.717, 1.165) is 0 Å². The molecule has 72 valence electrons. The number of hydrogen-bond acceptors (Lipinski definition) is 5. The third kappa shape index (κ3) is 3.14. The second kappa shape index (κ2) is 5.04. The van der Waals surface area contributed by atoms with Crippen molar-refractivity contribution >= 4 is 5.97 Å². The van der Waals surface area contributed by atoms with Crippen molar-refractivity contribution < 1.29 is 20.1 Å². The topological polar surface area (TPSA) is 130 Å². The van der Waals surface area contributed by atoms with Crippen LogP contribution in [0.3, 0.4) is 0 Å². The minimum Gasteiger partial charge on any atom is -0.480 e. The van der Waals surface area contributed by atoms with Gasteiger partial charge < -0.3 is 26.8 Å². The van der Waals surface area contributed by atoms with Crippen molar-refractivity contribution in [1.82, 2.24) is 0 Å². The average molecular weight is 178 g/mol. The molecule has 0 amide bonds. The smallest absolute Gasteiger partial charge is 0.323 e. The zero-order chi connectivity index (χ0) is 9.72. The summed E-state index contributed by atoms with van der Waals surface area (Å²) in [6.45, 7) is 0.171. The minimum atomic E-state index is -1.47. The summed E-state index contributed by atoms with van der Waals surface area (Å²) in [5, 5.41) is 26.5. The summed E-state index contributed by atoms with van der Waals surface area (Å²) in [7, 11) is 0. The molecule has 0 unspecified atom stereocenters. The summed E-state index contributed by atoms with van der Waals surface area (Å²) >= 11 is 0. The van der Waals surface area contributed by atoms with Crippen LogP contribution < -0.4 is 11.5 Å². The molecular formula is C6H14N2O4. The van der Waals surface area contributed by atoms with E-state index in [2.05, 4.69) is 0 Å². The van der Waals surface area contributed by atoms with Gasteiger partial charge in [-0.15, -0.1) is 0 Å². The van der Waals surface area contributed by atoms with E-state index in [4.69, 9.17) is 26.8 Å². The Balaban J connectivity index is 3.99. The van der Waals surface area contributed by atoms with Crippen molar-refractivity contribution in [2.24, 2.45) is 11.5 Å². The molecule has 0 saturated heterocycles. The first-order valence-corrected chi connectivity index (χ1v) is 3.55. The van der Waals surface area contributed by atoms with Gasteiger partial charge in [-0.3, -0.25) is 4.79 Å². The average Bonchev–Trinajstić information content (AvgIpc) is 2.02. The number of hydrogen-bond donors (Lipinski definition) is 5. The molecule has 0 fully saturated rings. The molecule has 0 radical (unpaired) electrons. The van der Waals surface area contributed by atoms with Crippen molar-refractivity contribution in [3.8, 4) is 0 Å². The summed E-state index contributed by atoms with van der Waals surface area (Å²) in [5.74, 6) is -1.35. The zero-order valence-corrected chi connectivity index (χ0v) is 6.55. The molecule has 3 atom stereocenters. The summed E-state index contributed by atoms with van der Waals surface area (Å²) in [4.78, 5) is 10.2. The number of carbonyl (C=O) groups is 1. The Bertz CT molecular complexity index is 152. The van der Waals surface area contributed by atoms with Crippen LogP contribution in [-0.4, -0.2) is 46.1 Å². The molecule has 0 heterocycles. The van der Waals surface area contributed by atoms with Crippen LogP contribution in [0.25, 0.3) is 0 Å². The molecule has 0 rings (SSSR count). The van der Waals surface area contributed by atoms with Crippen LogP contribution in [-0.2, 0) is 4.79 Å². The van der Waals surface area contributed by atoms with Crippen LogP contribution in [0.5, 0.6) is 0 Å². The molecule has 0 aromatic heterocycles. The molecule has 7 N–H and O–H groups in total. The predicted molar refractivity (Wildman–Crippen MR) is 41.3 cm³/mol. The lowest BCUT2D eigenvalue weighted by Gasteiger charge is -2.19. The van der Waals surface area contributed by atoms with Crippen LogP contribution in [0.15, 0.2) is 0 Å². The SMILES string of the molecule is NCC[C@H](O)[C@H](O)[C@H](N)C(=O)O. The fourth-order valence-corrected chi connectivity index (χ4v) is 0.727. The summed E-state index contributed by atoms with van der Waals surface area (Å²) in [6, 6.07) is -1.47. The number of aliphatic hydroxyl groups is 2. The third-order valence-corrected chi connectivity index (χ3v) is 1.51. The van der Waals surface area contributed by atoms with Crippen LogP contribution in [0.4, 0.5) is 0 Å². The maximum absolute atomic E-state index is 10.2. The van der Waals surface area contributed by atoms with Gasteiger partial charge in [0.2, 0.25) is 0 Å². The van der Waals surface area contributed by atoms with Crippen molar-refractivity contribution in [3.05, 3.63) is 0 Å². The normalized spacial score (nSPS) is 18.3. The first-order valence-electron chi connectivity index (χ1n) is 3.55. The highest BCUT2D eigenvalue weighted by atomic mass is 16.4. The van der Waals surface area contributed by atoms with Crippen molar-refractivity contribution in [1.29, 1.82) is 0 Å². The Morgan fingerprint density at radius 1 is 1.42 bits per heavy atom. The predicted octanol–water partition coefficient (Wildman–Crippen LogP) is -2.53. The molecule has 0 aliphatic heterocycles. The molecule has 0 bridgehead atoms. The van der Waals surface area contributed by atoms with Gasteiger partial charge in [0, 0.05) is 0 Å². The van der Waals surface area contributed by atoms with Gasteiger partial charge in [-0.1, -0.05) is 0 Å². The fourth-order valence-electron chi connectivity index (χ4n) is 0.727. The lowest BCUT2D eigenvalue weighted by molar-refractivity contribution is -0.143. The Morgan fingerprint density at radius 3 is 2.25 bits per heavy atom.